The van der Waals surface area contributed by atoms with Crippen LogP contribution < -0.4 is 21.9 Å². The number of nitrogen functional groups attached to an aromatic ring is 1. The fourth-order valence-electron chi connectivity index (χ4n) is 1.84. The van der Waals surface area contributed by atoms with Gasteiger partial charge in [-0.05, 0) is 6.92 Å². The maximum absolute atomic E-state index is 11.8. The second kappa shape index (κ2) is 6.39. The van der Waals surface area contributed by atoms with Gasteiger partial charge in [-0.1, -0.05) is 0 Å². The van der Waals surface area contributed by atoms with E-state index in [4.69, 9.17) is 10.5 Å². The van der Waals surface area contributed by atoms with E-state index in [0.29, 0.717) is 6.61 Å². The van der Waals surface area contributed by atoms with Gasteiger partial charge >= 0.3 is 5.69 Å². The van der Waals surface area contributed by atoms with E-state index in [1.54, 1.807) is 14.0 Å². The van der Waals surface area contributed by atoms with Crippen LogP contribution in [0.5, 0.6) is 0 Å². The summed E-state index contributed by atoms with van der Waals surface area (Å²) in [5.41, 5.74) is 4.88. The standard InChI is InChI=1S/C11H20N4O4/c1-7(16)6-14(2)8-9(12)15(4-5-19-3)11(18)13-10(8)17/h7,16H,4-6,12H2,1-3H3,(H,13,17,18). The van der Waals surface area contributed by atoms with Crippen molar-refractivity contribution in [3.8, 4) is 0 Å². The number of nitrogens with two attached hydrogens (primary N) is 1. The van der Waals surface area contributed by atoms with E-state index >= 15 is 0 Å². The van der Waals surface area contributed by atoms with Crippen molar-refractivity contribution in [1.82, 2.24) is 9.55 Å². The smallest absolute Gasteiger partial charge is 0.330 e. The van der Waals surface area contributed by atoms with E-state index in [1.807, 2.05) is 0 Å². The molecule has 0 saturated carbocycles. The first-order valence-electron chi connectivity index (χ1n) is 5.89. The summed E-state index contributed by atoms with van der Waals surface area (Å²) in [6.07, 6.45) is -0.622. The highest BCUT2D eigenvalue weighted by molar-refractivity contribution is 5.61. The van der Waals surface area contributed by atoms with Gasteiger partial charge in [-0.25, -0.2) is 4.79 Å². The number of aliphatic hydroxyl groups is 1. The van der Waals surface area contributed by atoms with Crippen LogP contribution in [0.4, 0.5) is 11.5 Å². The van der Waals surface area contributed by atoms with Crippen molar-refractivity contribution in [3.63, 3.8) is 0 Å². The van der Waals surface area contributed by atoms with Crippen LogP contribution in [-0.4, -0.2) is 48.1 Å². The van der Waals surface area contributed by atoms with Gasteiger partial charge < -0.3 is 20.5 Å². The van der Waals surface area contributed by atoms with Crippen LogP contribution >= 0.6 is 0 Å². The van der Waals surface area contributed by atoms with Crippen molar-refractivity contribution in [2.24, 2.45) is 0 Å². The average Bonchev–Trinajstić information content (AvgIpc) is 2.27. The minimum absolute atomic E-state index is 0.0638. The molecular weight excluding hydrogens is 252 g/mol. The predicted molar refractivity (Wildman–Crippen MR) is 72.6 cm³/mol. The first-order chi connectivity index (χ1) is 8.88. The lowest BCUT2D eigenvalue weighted by Gasteiger charge is -2.22. The summed E-state index contributed by atoms with van der Waals surface area (Å²) in [7, 11) is 3.13. The topological polar surface area (TPSA) is 114 Å². The van der Waals surface area contributed by atoms with E-state index in [9.17, 15) is 14.7 Å². The van der Waals surface area contributed by atoms with E-state index < -0.39 is 17.4 Å². The molecule has 0 saturated heterocycles. The van der Waals surface area contributed by atoms with Gasteiger partial charge in [-0.3, -0.25) is 14.3 Å². The molecule has 0 aliphatic carbocycles. The monoisotopic (exact) mass is 272 g/mol. The number of ether oxygens (including phenoxy) is 1. The van der Waals surface area contributed by atoms with Crippen molar-refractivity contribution in [2.75, 3.05) is 37.9 Å². The Labute approximate surface area is 110 Å². The summed E-state index contributed by atoms with van der Waals surface area (Å²) in [6, 6.07) is 0. The summed E-state index contributed by atoms with van der Waals surface area (Å²) in [5.74, 6) is 0.0638. The molecule has 8 heteroatoms. The lowest BCUT2D eigenvalue weighted by Crippen LogP contribution is -2.39. The van der Waals surface area contributed by atoms with Gasteiger partial charge in [0.15, 0.2) is 0 Å². The lowest BCUT2D eigenvalue weighted by atomic mass is 10.3. The molecule has 1 rings (SSSR count). The summed E-state index contributed by atoms with van der Waals surface area (Å²) < 4.78 is 6.12. The minimum atomic E-state index is -0.622. The molecule has 1 aromatic rings. The fourth-order valence-corrected chi connectivity index (χ4v) is 1.84. The molecule has 1 atom stereocenters. The number of hydrogen-bond acceptors (Lipinski definition) is 6. The molecule has 0 aliphatic heterocycles. The van der Waals surface area contributed by atoms with E-state index in [0.717, 1.165) is 0 Å². The molecule has 0 aromatic carbocycles. The molecule has 0 amide bonds. The van der Waals surface area contributed by atoms with E-state index in [2.05, 4.69) is 4.98 Å². The van der Waals surface area contributed by atoms with Crippen molar-refractivity contribution in [2.45, 2.75) is 19.6 Å². The van der Waals surface area contributed by atoms with Crippen LogP contribution in [-0.2, 0) is 11.3 Å². The number of aromatic nitrogens is 2. The Hall–Kier alpha value is -1.80. The van der Waals surface area contributed by atoms with Crippen LogP contribution in [0.1, 0.15) is 6.92 Å². The lowest BCUT2D eigenvalue weighted by molar-refractivity contribution is 0.186. The molecule has 0 fully saturated rings. The number of H-pyrrole nitrogens is 1. The minimum Gasteiger partial charge on any atom is -0.392 e. The molecule has 1 heterocycles. The molecule has 19 heavy (non-hydrogen) atoms. The molecule has 0 bridgehead atoms. The van der Waals surface area contributed by atoms with Gasteiger partial charge in [-0.2, -0.15) is 0 Å². The predicted octanol–water partition coefficient (Wildman–Crippen LogP) is -1.42. The van der Waals surface area contributed by atoms with Gasteiger partial charge in [0.25, 0.3) is 5.56 Å². The van der Waals surface area contributed by atoms with Crippen LogP contribution in [0.25, 0.3) is 0 Å². The van der Waals surface area contributed by atoms with Crippen LogP contribution in [0.15, 0.2) is 9.59 Å². The Kier molecular flexibility index (Phi) is 5.13. The van der Waals surface area contributed by atoms with Gasteiger partial charge in [0, 0.05) is 20.7 Å². The molecule has 0 radical (unpaired) electrons. The molecule has 108 valence electrons. The quantitative estimate of drug-likeness (QED) is 0.586. The summed E-state index contributed by atoms with van der Waals surface area (Å²) in [5, 5.41) is 9.35. The van der Waals surface area contributed by atoms with Crippen molar-refractivity contribution >= 4 is 11.5 Å². The first-order valence-corrected chi connectivity index (χ1v) is 5.89. The third kappa shape index (κ3) is 3.58. The maximum Gasteiger partial charge on any atom is 0.330 e. The van der Waals surface area contributed by atoms with Gasteiger partial charge in [0.05, 0.1) is 19.3 Å². The number of nitrogens with one attached hydrogen (secondary N) is 1. The maximum atomic E-state index is 11.8. The fraction of sp³-hybridized carbons (Fsp3) is 0.636. The third-order valence-corrected chi connectivity index (χ3v) is 2.65. The molecule has 8 nitrogen and oxygen atoms in total. The van der Waals surface area contributed by atoms with Gasteiger partial charge in [0.1, 0.15) is 11.5 Å². The number of methoxy groups -OCH3 is 1. The highest BCUT2D eigenvalue weighted by Crippen LogP contribution is 2.14. The normalized spacial score (nSPS) is 12.4. The Morgan fingerprint density at radius 3 is 2.68 bits per heavy atom. The zero-order valence-electron chi connectivity index (χ0n) is 11.3. The summed E-state index contributed by atoms with van der Waals surface area (Å²) >= 11 is 0. The number of aliphatic hydroxyl groups excluding tert-OH is 1. The third-order valence-electron chi connectivity index (χ3n) is 2.65. The zero-order valence-corrected chi connectivity index (χ0v) is 11.3. The van der Waals surface area contributed by atoms with Gasteiger partial charge in [0.2, 0.25) is 0 Å². The molecule has 0 spiro atoms. The molecule has 1 unspecified atom stereocenters. The first kappa shape index (κ1) is 15.3. The Balaban J connectivity index is 3.24. The highest BCUT2D eigenvalue weighted by atomic mass is 16.5. The summed E-state index contributed by atoms with van der Waals surface area (Å²) in [4.78, 5) is 27.2. The van der Waals surface area contributed by atoms with Crippen LogP contribution in [0.2, 0.25) is 0 Å². The SMILES string of the molecule is COCCn1c(N)c(N(C)CC(C)O)c(=O)[nH]c1=O. The number of likely N-dealkylation sites (N-methyl/N-ethyl adjacent to an activating group) is 1. The molecule has 0 aliphatic rings. The number of rotatable bonds is 6. The summed E-state index contributed by atoms with van der Waals surface area (Å²) in [6.45, 7) is 2.38. The van der Waals surface area contributed by atoms with Crippen LogP contribution in [0, 0.1) is 0 Å². The average molecular weight is 272 g/mol. The van der Waals surface area contributed by atoms with Gasteiger partial charge in [-0.15, -0.1) is 0 Å². The van der Waals surface area contributed by atoms with E-state index in [1.165, 1.54) is 16.6 Å². The second-order valence-electron chi connectivity index (χ2n) is 4.37. The van der Waals surface area contributed by atoms with Crippen LogP contribution in [0.3, 0.4) is 0 Å². The molecule has 4 N–H and O–H groups in total. The Morgan fingerprint density at radius 2 is 2.16 bits per heavy atom. The zero-order chi connectivity index (χ0) is 14.6. The number of aromatic amines is 1. The Morgan fingerprint density at radius 1 is 1.53 bits per heavy atom. The molecular formula is C11H20N4O4. The largest absolute Gasteiger partial charge is 0.392 e. The highest BCUT2D eigenvalue weighted by Gasteiger charge is 2.16. The second-order valence-corrected chi connectivity index (χ2v) is 4.37. The van der Waals surface area contributed by atoms with Crippen molar-refractivity contribution in [3.05, 3.63) is 20.8 Å². The van der Waals surface area contributed by atoms with Crippen molar-refractivity contribution in [1.29, 1.82) is 0 Å². The van der Waals surface area contributed by atoms with E-state index in [-0.39, 0.29) is 24.6 Å². The molecule has 1 aromatic heterocycles. The number of nitrogens with zero attached hydrogens (tertiary/aromatic N) is 2. The number of anilines is 2. The number of hydrogen-bond donors (Lipinski definition) is 3. The Bertz CT molecular complexity index is 534. The van der Waals surface area contributed by atoms with Crippen molar-refractivity contribution < 1.29 is 9.84 Å².